The predicted molar refractivity (Wildman–Crippen MR) is 41.1 cm³/mol. The fraction of sp³-hybridized carbons (Fsp3) is 0. The number of hydrogen-bond donors (Lipinski definition) is 2. The molecule has 0 aliphatic carbocycles. The van der Waals surface area contributed by atoms with Gasteiger partial charge in [0.25, 0.3) is 0 Å². The summed E-state index contributed by atoms with van der Waals surface area (Å²) in [5, 5.41) is 8.43. The molecule has 5 nitrogen and oxygen atoms in total. The monoisotopic (exact) mass is 217 g/mol. The Labute approximate surface area is 70.4 Å². The number of rotatable bonds is 1. The van der Waals surface area contributed by atoms with Gasteiger partial charge in [-0.25, -0.2) is 14.8 Å². The van der Waals surface area contributed by atoms with E-state index in [9.17, 15) is 4.79 Å². The minimum Gasteiger partial charge on any atom is -0.476 e. The molecule has 0 saturated carbocycles. The minimum absolute atomic E-state index is 0.0740. The van der Waals surface area contributed by atoms with Crippen LogP contribution in [0.1, 0.15) is 10.5 Å². The molecule has 1 heterocycles. The normalized spacial score (nSPS) is 9.55. The maximum atomic E-state index is 10.3. The number of carboxylic acids is 1. The van der Waals surface area contributed by atoms with Crippen LogP contribution in [-0.4, -0.2) is 21.0 Å². The summed E-state index contributed by atoms with van der Waals surface area (Å²) in [5.41, 5.74) is 5.11. The Morgan fingerprint density at radius 3 is 2.82 bits per heavy atom. The van der Waals surface area contributed by atoms with Gasteiger partial charge in [0.2, 0.25) is 0 Å². The van der Waals surface area contributed by atoms with Gasteiger partial charge >= 0.3 is 5.97 Å². The maximum absolute atomic E-state index is 10.3. The minimum atomic E-state index is -1.14. The number of carboxylic acid groups (broad SMARTS) is 1. The van der Waals surface area contributed by atoms with Crippen LogP contribution >= 0.6 is 15.9 Å². The van der Waals surface area contributed by atoms with Gasteiger partial charge in [-0.05, 0) is 15.9 Å². The van der Waals surface area contributed by atoms with Crippen molar-refractivity contribution < 1.29 is 9.90 Å². The molecule has 0 aromatic carbocycles. The van der Waals surface area contributed by atoms with Crippen LogP contribution in [0.2, 0.25) is 0 Å². The Balaban J connectivity index is 3.15. The molecular formula is C5H4BrN3O2. The number of halogens is 1. The number of anilines is 1. The maximum Gasteiger partial charge on any atom is 0.356 e. The van der Waals surface area contributed by atoms with Crippen molar-refractivity contribution in [3.8, 4) is 0 Å². The predicted octanol–water partition coefficient (Wildman–Crippen LogP) is 0.519. The Kier molecular flexibility index (Phi) is 2.04. The molecule has 0 amide bonds. The lowest BCUT2D eigenvalue weighted by molar-refractivity contribution is 0.0690. The molecular weight excluding hydrogens is 214 g/mol. The van der Waals surface area contributed by atoms with E-state index in [1.165, 1.54) is 0 Å². The summed E-state index contributed by atoms with van der Waals surface area (Å²) >= 11 is 2.99. The topological polar surface area (TPSA) is 89.1 Å². The molecule has 0 aliphatic rings. The summed E-state index contributed by atoms with van der Waals surface area (Å²) in [7, 11) is 0. The van der Waals surface area contributed by atoms with E-state index in [1.807, 2.05) is 0 Å². The molecule has 0 unspecified atom stereocenters. The van der Waals surface area contributed by atoms with Gasteiger partial charge in [-0.2, -0.15) is 0 Å². The fourth-order valence-electron chi connectivity index (χ4n) is 0.492. The molecule has 0 atom stereocenters. The highest BCUT2D eigenvalue weighted by Crippen LogP contribution is 2.12. The van der Waals surface area contributed by atoms with Gasteiger partial charge in [0, 0.05) is 0 Å². The standard InChI is InChI=1S/C5H4BrN3O2/c6-3-4(7)9-2(1-8-3)5(10)11/h1H,(H2,7,9)(H,10,11). The van der Waals surface area contributed by atoms with Crippen LogP contribution in [0.5, 0.6) is 0 Å². The molecule has 1 aromatic heterocycles. The van der Waals surface area contributed by atoms with Gasteiger partial charge < -0.3 is 10.8 Å². The van der Waals surface area contributed by atoms with Crippen LogP contribution in [0.25, 0.3) is 0 Å². The van der Waals surface area contributed by atoms with Crippen molar-refractivity contribution in [1.29, 1.82) is 0 Å². The van der Waals surface area contributed by atoms with E-state index in [1.54, 1.807) is 0 Å². The van der Waals surface area contributed by atoms with Gasteiger partial charge in [-0.15, -0.1) is 0 Å². The average Bonchev–Trinajstić information content (AvgIpc) is 1.94. The van der Waals surface area contributed by atoms with Crippen molar-refractivity contribution in [3.63, 3.8) is 0 Å². The summed E-state index contributed by atoms with van der Waals surface area (Å²) < 4.78 is 0.350. The summed E-state index contributed by atoms with van der Waals surface area (Å²) in [5.74, 6) is -1.07. The third-order valence-corrected chi connectivity index (χ3v) is 1.58. The zero-order valence-electron chi connectivity index (χ0n) is 5.28. The molecule has 11 heavy (non-hydrogen) atoms. The highest BCUT2D eigenvalue weighted by Gasteiger charge is 2.06. The summed E-state index contributed by atoms with van der Waals surface area (Å²) in [6.45, 7) is 0. The summed E-state index contributed by atoms with van der Waals surface area (Å²) in [6.07, 6.45) is 1.13. The molecule has 0 fully saturated rings. The SMILES string of the molecule is Nc1nc(C(=O)O)cnc1Br. The molecule has 58 valence electrons. The van der Waals surface area contributed by atoms with Crippen molar-refractivity contribution in [3.05, 3.63) is 16.5 Å². The van der Waals surface area contributed by atoms with Crippen molar-refractivity contribution in [1.82, 2.24) is 9.97 Å². The number of aromatic carboxylic acids is 1. The van der Waals surface area contributed by atoms with Crippen LogP contribution in [0.15, 0.2) is 10.8 Å². The van der Waals surface area contributed by atoms with Crippen LogP contribution in [0, 0.1) is 0 Å². The lowest BCUT2D eigenvalue weighted by Gasteiger charge is -1.96. The molecule has 0 saturated heterocycles. The number of hydrogen-bond acceptors (Lipinski definition) is 4. The van der Waals surface area contributed by atoms with E-state index in [0.717, 1.165) is 6.20 Å². The second-order valence-corrected chi connectivity index (χ2v) is 2.49. The first-order chi connectivity index (χ1) is 5.11. The molecule has 0 spiro atoms. The van der Waals surface area contributed by atoms with E-state index < -0.39 is 5.97 Å². The van der Waals surface area contributed by atoms with Crippen molar-refractivity contribution in [2.45, 2.75) is 0 Å². The highest BCUT2D eigenvalue weighted by atomic mass is 79.9. The lowest BCUT2D eigenvalue weighted by atomic mass is 10.4. The first-order valence-corrected chi connectivity index (χ1v) is 3.42. The van der Waals surface area contributed by atoms with E-state index in [4.69, 9.17) is 10.8 Å². The Morgan fingerprint density at radius 1 is 1.73 bits per heavy atom. The van der Waals surface area contributed by atoms with Gasteiger partial charge in [-0.1, -0.05) is 0 Å². The molecule has 1 aromatic rings. The number of nitrogen functional groups attached to an aromatic ring is 1. The molecule has 6 heteroatoms. The first kappa shape index (κ1) is 7.93. The number of nitrogens with two attached hydrogens (primary N) is 1. The zero-order chi connectivity index (χ0) is 8.43. The van der Waals surface area contributed by atoms with E-state index in [-0.39, 0.29) is 11.5 Å². The largest absolute Gasteiger partial charge is 0.476 e. The lowest BCUT2D eigenvalue weighted by Crippen LogP contribution is -2.04. The Hall–Kier alpha value is -1.17. The van der Waals surface area contributed by atoms with Crippen LogP contribution < -0.4 is 5.73 Å². The fourth-order valence-corrected chi connectivity index (χ4v) is 0.683. The van der Waals surface area contributed by atoms with Gasteiger partial charge in [0.1, 0.15) is 4.60 Å². The highest BCUT2D eigenvalue weighted by molar-refractivity contribution is 9.10. The van der Waals surface area contributed by atoms with Crippen LogP contribution in [-0.2, 0) is 0 Å². The van der Waals surface area contributed by atoms with Crippen LogP contribution in [0.3, 0.4) is 0 Å². The van der Waals surface area contributed by atoms with E-state index >= 15 is 0 Å². The van der Waals surface area contributed by atoms with E-state index in [0.29, 0.717) is 4.60 Å². The molecule has 1 rings (SSSR count). The first-order valence-electron chi connectivity index (χ1n) is 2.62. The number of carbonyl (C=O) groups is 1. The van der Waals surface area contributed by atoms with Crippen molar-refractivity contribution in [2.75, 3.05) is 5.73 Å². The summed E-state index contributed by atoms with van der Waals surface area (Å²) in [6, 6.07) is 0. The van der Waals surface area contributed by atoms with Crippen LogP contribution in [0.4, 0.5) is 5.82 Å². The van der Waals surface area contributed by atoms with Gasteiger partial charge in [0.15, 0.2) is 11.5 Å². The number of aromatic nitrogens is 2. The Bertz CT molecular complexity index is 302. The van der Waals surface area contributed by atoms with E-state index in [2.05, 4.69) is 25.9 Å². The third-order valence-electron chi connectivity index (χ3n) is 0.972. The molecule has 0 radical (unpaired) electrons. The molecule has 3 N–H and O–H groups in total. The average molecular weight is 218 g/mol. The third kappa shape index (κ3) is 1.64. The Morgan fingerprint density at radius 2 is 2.36 bits per heavy atom. The second-order valence-electron chi connectivity index (χ2n) is 1.74. The van der Waals surface area contributed by atoms with Crippen molar-refractivity contribution >= 4 is 27.7 Å². The van der Waals surface area contributed by atoms with Crippen molar-refractivity contribution in [2.24, 2.45) is 0 Å². The van der Waals surface area contributed by atoms with Gasteiger partial charge in [-0.3, -0.25) is 0 Å². The van der Waals surface area contributed by atoms with Gasteiger partial charge in [0.05, 0.1) is 6.20 Å². The smallest absolute Gasteiger partial charge is 0.356 e. The number of nitrogens with zero attached hydrogens (tertiary/aromatic N) is 2. The zero-order valence-corrected chi connectivity index (χ0v) is 6.87. The molecule has 0 aliphatic heterocycles. The summed E-state index contributed by atoms with van der Waals surface area (Å²) in [4.78, 5) is 17.5. The second kappa shape index (κ2) is 2.83. The molecule has 0 bridgehead atoms. The quantitative estimate of drug-likeness (QED) is 0.717.